The maximum absolute atomic E-state index is 6.10. The molecule has 0 saturated carbocycles. The van der Waals surface area contributed by atoms with Crippen molar-refractivity contribution in [3.63, 3.8) is 0 Å². The molecule has 0 fully saturated rings. The molecule has 1 aromatic carbocycles. The number of likely N-dealkylation sites (N-methyl/N-ethyl adjacent to an activating group) is 1. The lowest BCUT2D eigenvalue weighted by Crippen LogP contribution is -2.44. The summed E-state index contributed by atoms with van der Waals surface area (Å²) in [7, 11) is 2.04. The molecular formula is C14H21NOS. The molecule has 0 radical (unpaired) electrons. The fraction of sp³-hybridized carbons (Fsp3) is 0.571. The van der Waals surface area contributed by atoms with Crippen LogP contribution in [0.2, 0.25) is 0 Å². The lowest BCUT2D eigenvalue weighted by Gasteiger charge is -2.31. The SMILES string of the molecule is CCCCC(NC)C1CSc2ccccc2O1. The van der Waals surface area contributed by atoms with Crippen LogP contribution in [-0.2, 0) is 0 Å². The van der Waals surface area contributed by atoms with E-state index in [0.717, 1.165) is 11.5 Å². The van der Waals surface area contributed by atoms with Gasteiger partial charge in [-0.05, 0) is 25.6 Å². The van der Waals surface area contributed by atoms with E-state index in [2.05, 4.69) is 30.4 Å². The van der Waals surface area contributed by atoms with Crippen molar-refractivity contribution in [3.05, 3.63) is 24.3 Å². The van der Waals surface area contributed by atoms with Crippen LogP contribution in [0.1, 0.15) is 26.2 Å². The van der Waals surface area contributed by atoms with Crippen molar-refractivity contribution in [2.75, 3.05) is 12.8 Å². The van der Waals surface area contributed by atoms with Crippen LogP contribution in [0.5, 0.6) is 5.75 Å². The number of benzene rings is 1. The zero-order chi connectivity index (χ0) is 12.1. The van der Waals surface area contributed by atoms with Crippen molar-refractivity contribution in [1.29, 1.82) is 0 Å². The van der Waals surface area contributed by atoms with Crippen LogP contribution in [0.15, 0.2) is 29.2 Å². The Bertz CT molecular complexity index is 356. The van der Waals surface area contributed by atoms with E-state index in [0.29, 0.717) is 12.1 Å². The quantitative estimate of drug-likeness (QED) is 0.867. The summed E-state index contributed by atoms with van der Waals surface area (Å²) in [4.78, 5) is 1.27. The van der Waals surface area contributed by atoms with Crippen LogP contribution in [0.4, 0.5) is 0 Å². The maximum Gasteiger partial charge on any atom is 0.133 e. The van der Waals surface area contributed by atoms with Gasteiger partial charge in [0.1, 0.15) is 11.9 Å². The first-order valence-electron chi connectivity index (χ1n) is 6.41. The lowest BCUT2D eigenvalue weighted by atomic mass is 10.1. The maximum atomic E-state index is 6.10. The molecular weight excluding hydrogens is 230 g/mol. The van der Waals surface area contributed by atoms with Gasteiger partial charge in [0, 0.05) is 16.7 Å². The van der Waals surface area contributed by atoms with Gasteiger partial charge in [0.25, 0.3) is 0 Å². The van der Waals surface area contributed by atoms with Gasteiger partial charge in [-0.1, -0.05) is 31.9 Å². The molecule has 1 aromatic rings. The molecule has 3 heteroatoms. The standard InChI is InChI=1S/C14H21NOS/c1-3-4-7-11(15-2)13-10-17-14-9-6-5-8-12(14)16-13/h5-6,8-9,11,13,15H,3-4,7,10H2,1-2H3. The molecule has 0 bridgehead atoms. The third kappa shape index (κ3) is 3.17. The number of rotatable bonds is 5. The first-order valence-corrected chi connectivity index (χ1v) is 7.39. The number of unbranched alkanes of at least 4 members (excludes halogenated alkanes) is 1. The molecule has 0 amide bonds. The minimum Gasteiger partial charge on any atom is -0.487 e. The van der Waals surface area contributed by atoms with Gasteiger partial charge < -0.3 is 10.1 Å². The van der Waals surface area contributed by atoms with Crippen molar-refractivity contribution < 1.29 is 4.74 Å². The Morgan fingerprint density at radius 2 is 2.29 bits per heavy atom. The molecule has 2 atom stereocenters. The smallest absolute Gasteiger partial charge is 0.133 e. The average molecular weight is 251 g/mol. The zero-order valence-corrected chi connectivity index (χ0v) is 11.4. The van der Waals surface area contributed by atoms with Gasteiger partial charge in [0.05, 0.1) is 0 Å². The normalized spacial score (nSPS) is 20.5. The molecule has 2 nitrogen and oxygen atoms in total. The van der Waals surface area contributed by atoms with E-state index in [9.17, 15) is 0 Å². The molecule has 1 heterocycles. The monoisotopic (exact) mass is 251 g/mol. The number of hydrogen-bond donors (Lipinski definition) is 1. The topological polar surface area (TPSA) is 21.3 Å². The summed E-state index contributed by atoms with van der Waals surface area (Å²) in [6.45, 7) is 2.23. The van der Waals surface area contributed by atoms with Crippen molar-refractivity contribution in [2.45, 2.75) is 43.2 Å². The molecule has 2 rings (SSSR count). The van der Waals surface area contributed by atoms with Crippen molar-refractivity contribution in [3.8, 4) is 5.75 Å². The highest BCUT2D eigenvalue weighted by Crippen LogP contribution is 2.36. The Morgan fingerprint density at radius 1 is 1.47 bits per heavy atom. The van der Waals surface area contributed by atoms with E-state index in [4.69, 9.17) is 4.74 Å². The highest BCUT2D eigenvalue weighted by atomic mass is 32.2. The molecule has 1 aliphatic rings. The van der Waals surface area contributed by atoms with Crippen molar-refractivity contribution >= 4 is 11.8 Å². The van der Waals surface area contributed by atoms with Crippen LogP contribution in [0.25, 0.3) is 0 Å². The van der Waals surface area contributed by atoms with E-state index in [-0.39, 0.29) is 0 Å². The summed E-state index contributed by atoms with van der Waals surface area (Å²) in [5, 5.41) is 3.40. The molecule has 0 saturated heterocycles. The van der Waals surface area contributed by atoms with Crippen LogP contribution < -0.4 is 10.1 Å². The van der Waals surface area contributed by atoms with E-state index >= 15 is 0 Å². The average Bonchev–Trinajstić information content (AvgIpc) is 2.39. The molecule has 2 unspecified atom stereocenters. The molecule has 94 valence electrons. The number of para-hydroxylation sites is 1. The van der Waals surface area contributed by atoms with E-state index in [1.807, 2.05) is 24.9 Å². The Morgan fingerprint density at radius 3 is 3.06 bits per heavy atom. The van der Waals surface area contributed by atoms with Gasteiger partial charge in [0.15, 0.2) is 0 Å². The second-order valence-electron chi connectivity index (χ2n) is 4.45. The third-order valence-electron chi connectivity index (χ3n) is 3.22. The summed E-state index contributed by atoms with van der Waals surface area (Å²) in [6.07, 6.45) is 4.00. The number of thioether (sulfide) groups is 1. The second kappa shape index (κ2) is 6.31. The van der Waals surface area contributed by atoms with Crippen LogP contribution in [0.3, 0.4) is 0 Å². The Kier molecular flexibility index (Phi) is 4.75. The van der Waals surface area contributed by atoms with Gasteiger partial charge in [-0.15, -0.1) is 11.8 Å². The van der Waals surface area contributed by atoms with Crippen LogP contribution in [0, 0.1) is 0 Å². The fourth-order valence-corrected chi connectivity index (χ4v) is 3.25. The fourth-order valence-electron chi connectivity index (χ4n) is 2.17. The Hall–Kier alpha value is -0.670. The second-order valence-corrected chi connectivity index (χ2v) is 5.51. The van der Waals surface area contributed by atoms with Crippen LogP contribution in [-0.4, -0.2) is 24.9 Å². The van der Waals surface area contributed by atoms with Gasteiger partial charge in [-0.3, -0.25) is 0 Å². The lowest BCUT2D eigenvalue weighted by molar-refractivity contribution is 0.163. The predicted octanol–water partition coefficient (Wildman–Crippen LogP) is 3.32. The first-order chi connectivity index (χ1) is 8.35. The largest absolute Gasteiger partial charge is 0.487 e. The van der Waals surface area contributed by atoms with Gasteiger partial charge in [0.2, 0.25) is 0 Å². The molecule has 0 aliphatic carbocycles. The summed E-state index contributed by atoms with van der Waals surface area (Å²) in [5.41, 5.74) is 0. The number of hydrogen-bond acceptors (Lipinski definition) is 3. The van der Waals surface area contributed by atoms with Crippen molar-refractivity contribution in [2.24, 2.45) is 0 Å². The zero-order valence-electron chi connectivity index (χ0n) is 10.6. The van der Waals surface area contributed by atoms with E-state index < -0.39 is 0 Å². The number of ether oxygens (including phenoxy) is 1. The molecule has 17 heavy (non-hydrogen) atoms. The summed E-state index contributed by atoms with van der Waals surface area (Å²) >= 11 is 1.91. The Balaban J connectivity index is 2.00. The minimum atomic E-state index is 0.298. The van der Waals surface area contributed by atoms with Gasteiger partial charge in [-0.25, -0.2) is 0 Å². The molecule has 1 N–H and O–H groups in total. The Labute approximate surface area is 108 Å². The molecule has 0 spiro atoms. The van der Waals surface area contributed by atoms with Gasteiger partial charge >= 0.3 is 0 Å². The van der Waals surface area contributed by atoms with E-state index in [1.54, 1.807) is 0 Å². The summed E-state index contributed by atoms with van der Waals surface area (Å²) in [5.74, 6) is 2.09. The first kappa shape index (κ1) is 12.8. The van der Waals surface area contributed by atoms with Crippen LogP contribution >= 0.6 is 11.8 Å². The minimum absolute atomic E-state index is 0.298. The van der Waals surface area contributed by atoms with Crippen molar-refractivity contribution in [1.82, 2.24) is 5.32 Å². The predicted molar refractivity (Wildman–Crippen MR) is 74.0 cm³/mol. The summed E-state index contributed by atoms with van der Waals surface area (Å²) in [6, 6.07) is 8.79. The van der Waals surface area contributed by atoms with Gasteiger partial charge in [-0.2, -0.15) is 0 Å². The third-order valence-corrected chi connectivity index (χ3v) is 4.36. The highest BCUT2D eigenvalue weighted by Gasteiger charge is 2.26. The number of fused-ring (bicyclic) bond motifs is 1. The molecule has 0 aromatic heterocycles. The number of nitrogens with one attached hydrogen (secondary N) is 1. The summed E-state index contributed by atoms with van der Waals surface area (Å²) < 4.78 is 6.10. The highest BCUT2D eigenvalue weighted by molar-refractivity contribution is 7.99. The molecule has 1 aliphatic heterocycles. The van der Waals surface area contributed by atoms with E-state index in [1.165, 1.54) is 24.2 Å².